The van der Waals surface area contributed by atoms with Gasteiger partial charge in [-0.2, -0.15) is 10.2 Å². The van der Waals surface area contributed by atoms with Crippen LogP contribution in [0.25, 0.3) is 16.8 Å². The molecule has 1 unspecified atom stereocenters. The number of aromatic nitrogens is 5. The van der Waals surface area contributed by atoms with Gasteiger partial charge in [0.15, 0.2) is 5.65 Å². The van der Waals surface area contributed by atoms with Gasteiger partial charge in [-0.1, -0.05) is 6.07 Å². The number of hydrogen-bond acceptors (Lipinski definition) is 6. The number of amides is 2. The number of urea groups is 1. The molecule has 174 valence electrons. The Hall–Kier alpha value is -3.37. The number of nitrogens with one attached hydrogen (secondary N) is 2. The van der Waals surface area contributed by atoms with Crippen molar-refractivity contribution in [3.63, 3.8) is 0 Å². The van der Waals surface area contributed by atoms with Crippen molar-refractivity contribution in [2.45, 2.75) is 50.3 Å². The van der Waals surface area contributed by atoms with Gasteiger partial charge in [-0.15, -0.1) is 0 Å². The second kappa shape index (κ2) is 8.77. The Morgan fingerprint density at radius 1 is 1.26 bits per heavy atom. The molecule has 6 rings (SSSR count). The molecule has 1 aliphatic heterocycles. The Morgan fingerprint density at radius 2 is 2.18 bits per heavy atom. The molecule has 3 aromatic heterocycles. The van der Waals surface area contributed by atoms with Gasteiger partial charge in [0.2, 0.25) is 0 Å². The van der Waals surface area contributed by atoms with E-state index in [-0.39, 0.29) is 12.1 Å². The van der Waals surface area contributed by atoms with Crippen LogP contribution in [0.4, 0.5) is 10.5 Å². The minimum Gasteiger partial charge on any atom is -0.376 e. The number of aryl methyl sites for hydroxylation is 2. The summed E-state index contributed by atoms with van der Waals surface area (Å²) < 4.78 is 11.9. The fourth-order valence-corrected chi connectivity index (χ4v) is 5.27. The number of anilines is 1. The van der Waals surface area contributed by atoms with Crippen LogP contribution in [0.1, 0.15) is 29.5 Å². The highest BCUT2D eigenvalue weighted by atomic mass is 32.2. The topological polar surface area (TPSA) is 98.4 Å². The summed E-state index contributed by atoms with van der Waals surface area (Å²) in [5, 5.41) is 12.6. The molecule has 2 N–H and O–H groups in total. The van der Waals surface area contributed by atoms with Crippen LogP contribution < -0.4 is 10.0 Å². The highest BCUT2D eigenvalue weighted by molar-refractivity contribution is 7.97. The third kappa shape index (κ3) is 4.03. The van der Waals surface area contributed by atoms with Crippen molar-refractivity contribution in [3.05, 3.63) is 59.7 Å². The van der Waals surface area contributed by atoms with Gasteiger partial charge in [-0.25, -0.2) is 14.3 Å². The largest absolute Gasteiger partial charge is 0.376 e. The van der Waals surface area contributed by atoms with E-state index in [2.05, 4.69) is 38.2 Å². The van der Waals surface area contributed by atoms with E-state index in [0.717, 1.165) is 71.9 Å². The van der Waals surface area contributed by atoms with E-state index < -0.39 is 0 Å². The zero-order valence-electron chi connectivity index (χ0n) is 18.8. The quantitative estimate of drug-likeness (QED) is 0.409. The Balaban J connectivity index is 1.23. The number of rotatable bonds is 6. The summed E-state index contributed by atoms with van der Waals surface area (Å²) in [6, 6.07) is 7.90. The van der Waals surface area contributed by atoms with Crippen molar-refractivity contribution in [3.8, 4) is 11.1 Å². The van der Waals surface area contributed by atoms with Crippen LogP contribution >= 0.6 is 11.9 Å². The molecule has 34 heavy (non-hydrogen) atoms. The Labute approximate surface area is 201 Å². The van der Waals surface area contributed by atoms with Gasteiger partial charge in [0.25, 0.3) is 0 Å². The fraction of sp³-hybridized carbons (Fsp3) is 0.333. The van der Waals surface area contributed by atoms with Crippen molar-refractivity contribution < 1.29 is 9.53 Å². The smallest absolute Gasteiger partial charge is 0.329 e. The third-order valence-electron chi connectivity index (χ3n) is 6.45. The van der Waals surface area contributed by atoms with Crippen LogP contribution in [-0.2, 0) is 24.1 Å². The predicted molar refractivity (Wildman–Crippen MR) is 130 cm³/mol. The summed E-state index contributed by atoms with van der Waals surface area (Å²) in [5.74, 6) is 0. The number of fused-ring (bicyclic) bond motifs is 2. The second-order valence-electron chi connectivity index (χ2n) is 8.73. The number of nitrogens with zero attached hydrogens (tertiary/aromatic N) is 5. The molecule has 2 amide bonds. The minimum atomic E-state index is -0.272. The average molecular weight is 476 g/mol. The molecule has 0 bridgehead atoms. The molecule has 1 saturated heterocycles. The highest BCUT2D eigenvalue weighted by Gasteiger charge is 2.23. The molecule has 1 atom stereocenters. The number of hydrogen-bond donors (Lipinski definition) is 2. The summed E-state index contributed by atoms with van der Waals surface area (Å²) in [4.78, 5) is 17.3. The Morgan fingerprint density at radius 3 is 3.03 bits per heavy atom. The molecule has 9 nitrogen and oxygen atoms in total. The number of pyridine rings is 1. The lowest BCUT2D eigenvalue weighted by Gasteiger charge is -2.25. The van der Waals surface area contributed by atoms with Crippen molar-refractivity contribution in [1.29, 1.82) is 0 Å². The van der Waals surface area contributed by atoms with Crippen molar-refractivity contribution in [1.82, 2.24) is 29.1 Å². The first kappa shape index (κ1) is 21.2. The summed E-state index contributed by atoms with van der Waals surface area (Å²) in [7, 11) is 0. The van der Waals surface area contributed by atoms with Gasteiger partial charge < -0.3 is 10.1 Å². The van der Waals surface area contributed by atoms with E-state index in [4.69, 9.17) is 4.74 Å². The van der Waals surface area contributed by atoms with E-state index in [9.17, 15) is 4.79 Å². The fourth-order valence-electron chi connectivity index (χ4n) is 4.75. The maximum Gasteiger partial charge on any atom is 0.329 e. The van der Waals surface area contributed by atoms with Crippen LogP contribution in [-0.4, -0.2) is 43.1 Å². The summed E-state index contributed by atoms with van der Waals surface area (Å²) in [6.45, 7) is 3.66. The van der Waals surface area contributed by atoms with E-state index in [1.54, 1.807) is 10.8 Å². The monoisotopic (exact) mass is 475 g/mol. The molecule has 0 spiro atoms. The van der Waals surface area contributed by atoms with Gasteiger partial charge in [-0.05, 0) is 73.1 Å². The summed E-state index contributed by atoms with van der Waals surface area (Å²) >= 11 is 1.21. The van der Waals surface area contributed by atoms with Crippen molar-refractivity contribution >= 4 is 29.3 Å². The lowest BCUT2D eigenvalue weighted by atomic mass is 9.93. The van der Waals surface area contributed by atoms with Gasteiger partial charge >= 0.3 is 6.03 Å². The highest BCUT2D eigenvalue weighted by Crippen LogP contribution is 2.40. The molecule has 4 heterocycles. The first-order chi connectivity index (χ1) is 16.6. The minimum absolute atomic E-state index is 0.243. The summed E-state index contributed by atoms with van der Waals surface area (Å²) in [6.07, 6.45) is 9.74. The van der Waals surface area contributed by atoms with Crippen LogP contribution in [0, 0.1) is 6.92 Å². The normalized spacial score (nSPS) is 16.9. The SMILES string of the molecule is Cc1cc2c(c(NC(=O)NSc3ccn(CC4CCO4)n3)c1-c1ccn3ncnc3c1)CCC2. The molecule has 1 aromatic carbocycles. The lowest BCUT2D eigenvalue weighted by Crippen LogP contribution is -2.31. The van der Waals surface area contributed by atoms with E-state index in [0.29, 0.717) is 0 Å². The molecule has 1 fully saturated rings. The number of carbonyl (C=O) groups is 1. The Kier molecular flexibility index (Phi) is 5.46. The number of benzene rings is 1. The predicted octanol–water partition coefficient (Wildman–Crippen LogP) is 4.01. The molecular formula is C24H25N7O2S. The summed E-state index contributed by atoms with van der Waals surface area (Å²) in [5.41, 5.74) is 7.33. The van der Waals surface area contributed by atoms with Crippen LogP contribution in [0.2, 0.25) is 0 Å². The second-order valence-corrected chi connectivity index (χ2v) is 9.56. The van der Waals surface area contributed by atoms with Crippen LogP contribution in [0.15, 0.2) is 48.0 Å². The molecule has 4 aromatic rings. The van der Waals surface area contributed by atoms with Gasteiger partial charge in [0.1, 0.15) is 11.4 Å². The van der Waals surface area contributed by atoms with Crippen LogP contribution in [0.3, 0.4) is 0 Å². The van der Waals surface area contributed by atoms with Crippen LogP contribution in [0.5, 0.6) is 0 Å². The first-order valence-electron chi connectivity index (χ1n) is 11.5. The lowest BCUT2D eigenvalue weighted by molar-refractivity contribution is -0.0610. The zero-order chi connectivity index (χ0) is 23.1. The first-order valence-corrected chi connectivity index (χ1v) is 12.3. The van der Waals surface area contributed by atoms with Crippen molar-refractivity contribution in [2.75, 3.05) is 11.9 Å². The van der Waals surface area contributed by atoms with E-state index in [1.807, 2.05) is 35.3 Å². The zero-order valence-corrected chi connectivity index (χ0v) is 19.6. The molecule has 2 aliphatic rings. The molecule has 0 saturated carbocycles. The number of carbonyl (C=O) groups excluding carboxylic acids is 1. The van der Waals surface area contributed by atoms with Gasteiger partial charge in [0, 0.05) is 36.5 Å². The maximum absolute atomic E-state index is 13.0. The Bertz CT molecular complexity index is 1380. The molecule has 1 aliphatic carbocycles. The third-order valence-corrected chi connectivity index (χ3v) is 7.17. The van der Waals surface area contributed by atoms with E-state index >= 15 is 0 Å². The molecule has 0 radical (unpaired) electrons. The van der Waals surface area contributed by atoms with Gasteiger partial charge in [-0.3, -0.25) is 9.40 Å². The van der Waals surface area contributed by atoms with Crippen molar-refractivity contribution in [2.24, 2.45) is 0 Å². The number of ether oxygens (including phenoxy) is 1. The standard InChI is InChI=1S/C24H25N7O2S/c1-15-11-16-3-2-4-19(16)23(22(15)17-5-9-31-20(12-17)25-14-26-31)27-24(32)29-34-21-6-8-30(28-21)13-18-7-10-33-18/h5-6,8-9,11-12,14,18H,2-4,7,10,13H2,1H3,(H2,27,29,32). The molecular weight excluding hydrogens is 450 g/mol. The molecule has 10 heteroatoms. The average Bonchev–Trinajstić information content (AvgIpc) is 3.55. The van der Waals surface area contributed by atoms with E-state index in [1.165, 1.54) is 23.1 Å². The van der Waals surface area contributed by atoms with Gasteiger partial charge in [0.05, 0.1) is 18.3 Å². The maximum atomic E-state index is 13.0.